The largest absolute Gasteiger partial charge is 0.373 e. The zero-order valence-electron chi connectivity index (χ0n) is 16.9. The Balaban J connectivity index is 1.53. The lowest BCUT2D eigenvalue weighted by atomic mass is 10.1. The molecule has 2 unspecified atom stereocenters. The summed E-state index contributed by atoms with van der Waals surface area (Å²) in [6.07, 6.45) is -0.316. The fourth-order valence-electron chi connectivity index (χ4n) is 3.78. The van der Waals surface area contributed by atoms with Gasteiger partial charge in [-0.25, -0.2) is 8.42 Å². The fourth-order valence-corrected chi connectivity index (χ4v) is 5.37. The van der Waals surface area contributed by atoms with Gasteiger partial charge in [-0.2, -0.15) is 4.31 Å². The van der Waals surface area contributed by atoms with Crippen LogP contribution in [0.1, 0.15) is 24.2 Å². The van der Waals surface area contributed by atoms with Crippen molar-refractivity contribution in [2.24, 2.45) is 0 Å². The van der Waals surface area contributed by atoms with E-state index < -0.39 is 10.0 Å². The first-order valence-corrected chi connectivity index (χ1v) is 11.3. The summed E-state index contributed by atoms with van der Waals surface area (Å²) in [5, 5.41) is 4.90. The maximum absolute atomic E-state index is 13.0. The molecule has 0 radical (unpaired) electrons. The molecule has 1 aliphatic rings. The van der Waals surface area contributed by atoms with Crippen molar-refractivity contribution < 1.29 is 17.9 Å². The maximum Gasteiger partial charge on any atom is 0.255 e. The molecule has 0 bridgehead atoms. The number of fused-ring (bicyclic) bond motifs is 1. The Kier molecular flexibility index (Phi) is 5.60. The van der Waals surface area contributed by atoms with Gasteiger partial charge in [-0.3, -0.25) is 4.79 Å². The van der Waals surface area contributed by atoms with Crippen LogP contribution in [0.5, 0.6) is 0 Å². The van der Waals surface area contributed by atoms with Crippen LogP contribution < -0.4 is 5.32 Å². The molecule has 1 N–H and O–H groups in total. The van der Waals surface area contributed by atoms with Gasteiger partial charge in [0, 0.05) is 29.7 Å². The lowest BCUT2D eigenvalue weighted by Crippen LogP contribution is -2.48. The summed E-state index contributed by atoms with van der Waals surface area (Å²) in [6, 6.07) is 19.6. The van der Waals surface area contributed by atoms with Gasteiger partial charge in [0.05, 0.1) is 17.1 Å². The van der Waals surface area contributed by atoms with E-state index in [-0.39, 0.29) is 23.0 Å². The first-order chi connectivity index (χ1) is 14.3. The number of benzene rings is 3. The zero-order valence-corrected chi connectivity index (χ0v) is 17.7. The first-order valence-electron chi connectivity index (χ1n) is 9.89. The third kappa shape index (κ3) is 4.09. The lowest BCUT2D eigenvalue weighted by molar-refractivity contribution is -0.0440. The van der Waals surface area contributed by atoms with Gasteiger partial charge in [0.15, 0.2) is 0 Å². The van der Waals surface area contributed by atoms with E-state index in [2.05, 4.69) is 5.32 Å². The third-order valence-corrected chi connectivity index (χ3v) is 7.02. The minimum atomic E-state index is -3.64. The van der Waals surface area contributed by atoms with Crippen LogP contribution in [0.2, 0.25) is 0 Å². The number of rotatable bonds is 4. The van der Waals surface area contributed by atoms with E-state index in [0.29, 0.717) is 24.3 Å². The van der Waals surface area contributed by atoms with E-state index in [4.69, 9.17) is 4.74 Å². The minimum Gasteiger partial charge on any atom is -0.373 e. The van der Waals surface area contributed by atoms with Crippen molar-refractivity contribution >= 4 is 32.4 Å². The molecule has 0 aromatic heterocycles. The van der Waals surface area contributed by atoms with Gasteiger partial charge in [-0.1, -0.05) is 36.4 Å². The van der Waals surface area contributed by atoms with Crippen LogP contribution in [0.15, 0.2) is 71.6 Å². The molecule has 0 saturated carbocycles. The van der Waals surface area contributed by atoms with Crippen LogP contribution in [-0.4, -0.2) is 43.9 Å². The summed E-state index contributed by atoms with van der Waals surface area (Å²) in [6.45, 7) is 4.35. The number of sulfonamides is 1. The van der Waals surface area contributed by atoms with Crippen molar-refractivity contribution in [3.63, 3.8) is 0 Å². The van der Waals surface area contributed by atoms with Crippen molar-refractivity contribution in [1.82, 2.24) is 4.31 Å². The molecular formula is C23H24N2O4S. The number of nitrogens with zero attached hydrogens (tertiary/aromatic N) is 1. The zero-order chi connectivity index (χ0) is 21.3. The molecule has 1 saturated heterocycles. The molecule has 1 aliphatic heterocycles. The Morgan fingerprint density at radius 1 is 0.933 bits per heavy atom. The maximum atomic E-state index is 13.0. The third-order valence-electron chi connectivity index (χ3n) is 5.18. The normalized spacial score (nSPS) is 20.2. The second kappa shape index (κ2) is 8.18. The Hall–Kier alpha value is -2.74. The number of nitrogens with one attached hydrogen (secondary N) is 1. The minimum absolute atomic E-state index is 0.158. The number of morpholine rings is 1. The van der Waals surface area contributed by atoms with Crippen molar-refractivity contribution in [2.75, 3.05) is 18.4 Å². The van der Waals surface area contributed by atoms with Crippen molar-refractivity contribution in [3.8, 4) is 0 Å². The molecule has 1 amide bonds. The Bertz CT molecular complexity index is 1160. The van der Waals surface area contributed by atoms with E-state index in [9.17, 15) is 13.2 Å². The summed E-state index contributed by atoms with van der Waals surface area (Å²) >= 11 is 0. The summed E-state index contributed by atoms with van der Waals surface area (Å²) < 4.78 is 33.0. The SMILES string of the molecule is CC1CN(S(=O)(=O)c2ccc(C(=O)Nc3cccc4ccccc34)cc2)CC(C)O1. The summed E-state index contributed by atoms with van der Waals surface area (Å²) in [4.78, 5) is 12.9. The molecule has 1 heterocycles. The smallest absolute Gasteiger partial charge is 0.255 e. The molecule has 156 valence electrons. The molecule has 6 nitrogen and oxygen atoms in total. The van der Waals surface area contributed by atoms with Crippen molar-refractivity contribution in [1.29, 1.82) is 0 Å². The van der Waals surface area contributed by atoms with Gasteiger partial charge in [-0.15, -0.1) is 0 Å². The van der Waals surface area contributed by atoms with Gasteiger partial charge in [0.1, 0.15) is 0 Å². The van der Waals surface area contributed by atoms with Crippen LogP contribution >= 0.6 is 0 Å². The van der Waals surface area contributed by atoms with Crippen LogP contribution in [0.25, 0.3) is 10.8 Å². The topological polar surface area (TPSA) is 75.7 Å². The summed E-state index contributed by atoms with van der Waals surface area (Å²) in [5.74, 6) is -0.288. The molecule has 7 heteroatoms. The number of hydrogen-bond donors (Lipinski definition) is 1. The number of carbonyl (C=O) groups excluding carboxylic acids is 1. The number of anilines is 1. The Morgan fingerprint density at radius 3 is 2.27 bits per heavy atom. The van der Waals surface area contributed by atoms with Crippen LogP contribution in [0.4, 0.5) is 5.69 Å². The monoisotopic (exact) mass is 424 g/mol. The first kappa shape index (κ1) is 20.5. The number of hydrogen-bond acceptors (Lipinski definition) is 4. The quantitative estimate of drug-likeness (QED) is 0.689. The lowest BCUT2D eigenvalue weighted by Gasteiger charge is -2.34. The van der Waals surface area contributed by atoms with Gasteiger partial charge >= 0.3 is 0 Å². The average Bonchev–Trinajstić information content (AvgIpc) is 2.73. The van der Waals surface area contributed by atoms with Gasteiger partial charge in [-0.05, 0) is 49.6 Å². The molecule has 3 aromatic rings. The van der Waals surface area contributed by atoms with Crippen LogP contribution in [0.3, 0.4) is 0 Å². The molecule has 0 aliphatic carbocycles. The highest BCUT2D eigenvalue weighted by molar-refractivity contribution is 7.89. The van der Waals surface area contributed by atoms with Crippen LogP contribution in [-0.2, 0) is 14.8 Å². The van der Waals surface area contributed by atoms with Crippen molar-refractivity contribution in [3.05, 3.63) is 72.3 Å². The number of amides is 1. The Morgan fingerprint density at radius 2 is 1.57 bits per heavy atom. The second-order valence-corrected chi connectivity index (χ2v) is 9.52. The van der Waals surface area contributed by atoms with Gasteiger partial charge in [0.2, 0.25) is 10.0 Å². The second-order valence-electron chi connectivity index (χ2n) is 7.58. The predicted molar refractivity (Wildman–Crippen MR) is 117 cm³/mol. The molecular weight excluding hydrogens is 400 g/mol. The van der Waals surface area contributed by atoms with E-state index in [1.165, 1.54) is 16.4 Å². The molecule has 0 spiro atoms. The van der Waals surface area contributed by atoms with E-state index in [0.717, 1.165) is 10.8 Å². The molecule has 30 heavy (non-hydrogen) atoms. The van der Waals surface area contributed by atoms with Gasteiger partial charge < -0.3 is 10.1 Å². The highest BCUT2D eigenvalue weighted by Gasteiger charge is 2.32. The van der Waals surface area contributed by atoms with Crippen molar-refractivity contribution in [2.45, 2.75) is 31.0 Å². The highest BCUT2D eigenvalue weighted by Crippen LogP contribution is 2.25. The fraction of sp³-hybridized carbons (Fsp3) is 0.261. The predicted octanol–water partition coefficient (Wildman–Crippen LogP) is 3.89. The number of ether oxygens (including phenoxy) is 1. The molecule has 2 atom stereocenters. The highest BCUT2D eigenvalue weighted by atomic mass is 32.2. The average molecular weight is 425 g/mol. The Labute approximate surface area is 176 Å². The molecule has 4 rings (SSSR count). The summed E-state index contributed by atoms with van der Waals surface area (Å²) in [7, 11) is -3.64. The number of carbonyl (C=O) groups is 1. The summed E-state index contributed by atoms with van der Waals surface area (Å²) in [5.41, 5.74) is 1.11. The van der Waals surface area contributed by atoms with E-state index >= 15 is 0 Å². The van der Waals surface area contributed by atoms with Crippen LogP contribution in [0, 0.1) is 0 Å². The standard InChI is InChI=1S/C23H24N2O4S/c1-16-14-25(15-17(2)29-16)30(27,28)20-12-10-19(11-13-20)23(26)24-22-9-5-7-18-6-3-4-8-21(18)22/h3-13,16-17H,14-15H2,1-2H3,(H,24,26). The molecule has 1 fully saturated rings. The van der Waals surface area contributed by atoms with E-state index in [1.807, 2.05) is 56.3 Å². The molecule has 3 aromatic carbocycles. The van der Waals surface area contributed by atoms with E-state index in [1.54, 1.807) is 12.1 Å². The van der Waals surface area contributed by atoms with Gasteiger partial charge in [0.25, 0.3) is 5.91 Å².